The van der Waals surface area contributed by atoms with Crippen LogP contribution in [0.5, 0.6) is 0 Å². The van der Waals surface area contributed by atoms with Crippen LogP contribution in [0.25, 0.3) is 0 Å². The molecule has 1 heterocycles. The van der Waals surface area contributed by atoms with Gasteiger partial charge >= 0.3 is 0 Å². The van der Waals surface area contributed by atoms with E-state index in [2.05, 4.69) is 17.2 Å². The van der Waals surface area contributed by atoms with Crippen LogP contribution >= 0.6 is 0 Å². The maximum Gasteiger partial charge on any atom is 0.203 e. The van der Waals surface area contributed by atoms with Gasteiger partial charge in [0.05, 0.1) is 5.75 Å². The second kappa shape index (κ2) is 5.34. The van der Waals surface area contributed by atoms with Crippen LogP contribution in [0.3, 0.4) is 0 Å². The summed E-state index contributed by atoms with van der Waals surface area (Å²) >= 11 is 0. The average molecular weight is 245 g/mol. The number of sulfone groups is 1. The normalized spacial score (nSPS) is 13.7. The maximum absolute atomic E-state index is 11.2. The smallest absolute Gasteiger partial charge is 0.203 e. The third kappa shape index (κ3) is 3.84. The molecule has 1 aromatic heterocycles. The summed E-state index contributed by atoms with van der Waals surface area (Å²) in [6.45, 7) is 4.78. The summed E-state index contributed by atoms with van der Waals surface area (Å²) in [6.07, 6.45) is 5.73. The van der Waals surface area contributed by atoms with Crippen molar-refractivity contribution in [1.82, 2.24) is 9.55 Å². The van der Waals surface area contributed by atoms with E-state index in [-0.39, 0.29) is 11.8 Å². The van der Waals surface area contributed by atoms with Gasteiger partial charge in [0.2, 0.25) is 5.95 Å². The molecule has 0 spiro atoms. The van der Waals surface area contributed by atoms with Gasteiger partial charge in [-0.1, -0.05) is 6.92 Å². The summed E-state index contributed by atoms with van der Waals surface area (Å²) in [7, 11) is -2.96. The predicted octanol–water partition coefficient (Wildman–Crippen LogP) is 1.31. The van der Waals surface area contributed by atoms with Crippen molar-refractivity contribution in [3.8, 4) is 0 Å². The third-order valence-corrected chi connectivity index (χ3v) is 3.31. The quantitative estimate of drug-likeness (QED) is 0.820. The molecule has 92 valence electrons. The van der Waals surface area contributed by atoms with Gasteiger partial charge in [0.15, 0.2) is 0 Å². The SMILES string of the molecule is CCCNc1nccn1C(C)CS(C)(=O)=O. The van der Waals surface area contributed by atoms with E-state index in [1.54, 1.807) is 12.4 Å². The topological polar surface area (TPSA) is 64.0 Å². The molecule has 1 rings (SSSR count). The van der Waals surface area contributed by atoms with E-state index in [0.717, 1.165) is 18.9 Å². The molecule has 5 nitrogen and oxygen atoms in total. The lowest BCUT2D eigenvalue weighted by atomic mass is 10.4. The first-order valence-corrected chi connectivity index (χ1v) is 7.44. The molecular weight excluding hydrogens is 226 g/mol. The predicted molar refractivity (Wildman–Crippen MR) is 65.4 cm³/mol. The fourth-order valence-electron chi connectivity index (χ4n) is 1.56. The Bertz CT molecular complexity index is 425. The summed E-state index contributed by atoms with van der Waals surface area (Å²) in [5.74, 6) is 0.863. The lowest BCUT2D eigenvalue weighted by Gasteiger charge is -2.15. The zero-order valence-electron chi connectivity index (χ0n) is 9.97. The van der Waals surface area contributed by atoms with Crippen molar-refractivity contribution >= 4 is 15.8 Å². The van der Waals surface area contributed by atoms with E-state index in [9.17, 15) is 8.42 Å². The Labute approximate surface area is 96.8 Å². The number of nitrogens with zero attached hydrogens (tertiary/aromatic N) is 2. The van der Waals surface area contributed by atoms with Crippen molar-refractivity contribution in [2.75, 3.05) is 23.9 Å². The van der Waals surface area contributed by atoms with Crippen LogP contribution in [0.4, 0.5) is 5.95 Å². The minimum atomic E-state index is -2.96. The zero-order valence-corrected chi connectivity index (χ0v) is 10.8. The summed E-state index contributed by atoms with van der Waals surface area (Å²) in [5.41, 5.74) is 0. The second-order valence-corrected chi connectivity index (χ2v) is 6.21. The molecular formula is C10H19N3O2S. The molecule has 0 fully saturated rings. The van der Waals surface area contributed by atoms with Crippen molar-refractivity contribution in [3.63, 3.8) is 0 Å². The molecule has 0 saturated heterocycles. The summed E-state index contributed by atoms with van der Waals surface area (Å²) in [4.78, 5) is 4.16. The fourth-order valence-corrected chi connectivity index (χ4v) is 2.60. The third-order valence-electron chi connectivity index (χ3n) is 2.22. The van der Waals surface area contributed by atoms with E-state index in [1.165, 1.54) is 6.26 Å². The summed E-state index contributed by atoms with van der Waals surface area (Å²) < 4.78 is 24.3. The Morgan fingerprint density at radius 3 is 2.81 bits per heavy atom. The van der Waals surface area contributed by atoms with Crippen LogP contribution in [0.15, 0.2) is 12.4 Å². The second-order valence-electron chi connectivity index (χ2n) is 4.03. The van der Waals surface area contributed by atoms with E-state index in [4.69, 9.17) is 0 Å². The molecule has 0 bridgehead atoms. The molecule has 1 unspecified atom stereocenters. The van der Waals surface area contributed by atoms with Crippen LogP contribution < -0.4 is 5.32 Å². The highest BCUT2D eigenvalue weighted by molar-refractivity contribution is 7.90. The lowest BCUT2D eigenvalue weighted by molar-refractivity contribution is 0.563. The minimum absolute atomic E-state index is 0.100. The number of hydrogen-bond acceptors (Lipinski definition) is 4. The first-order chi connectivity index (χ1) is 7.44. The molecule has 1 aromatic rings. The number of imidazole rings is 1. The Hall–Kier alpha value is -1.04. The van der Waals surface area contributed by atoms with E-state index >= 15 is 0 Å². The Balaban J connectivity index is 2.75. The van der Waals surface area contributed by atoms with Gasteiger partial charge in [-0.05, 0) is 13.3 Å². The number of rotatable bonds is 6. The maximum atomic E-state index is 11.2. The van der Waals surface area contributed by atoms with Gasteiger partial charge in [-0.2, -0.15) is 0 Å². The van der Waals surface area contributed by atoms with Crippen LogP contribution in [-0.4, -0.2) is 36.5 Å². The van der Waals surface area contributed by atoms with Crippen molar-refractivity contribution in [2.24, 2.45) is 0 Å². The van der Waals surface area contributed by atoms with Crippen molar-refractivity contribution in [3.05, 3.63) is 12.4 Å². The first-order valence-electron chi connectivity index (χ1n) is 5.38. The Morgan fingerprint density at radius 1 is 1.56 bits per heavy atom. The Morgan fingerprint density at radius 2 is 2.25 bits per heavy atom. The van der Waals surface area contributed by atoms with Gasteiger partial charge < -0.3 is 9.88 Å². The van der Waals surface area contributed by atoms with Gasteiger partial charge in [0.1, 0.15) is 9.84 Å². The van der Waals surface area contributed by atoms with Gasteiger partial charge in [0, 0.05) is 31.2 Å². The highest BCUT2D eigenvalue weighted by Crippen LogP contribution is 2.14. The van der Waals surface area contributed by atoms with E-state index in [1.807, 2.05) is 11.5 Å². The molecule has 0 amide bonds. The van der Waals surface area contributed by atoms with Crippen LogP contribution in [0.2, 0.25) is 0 Å². The molecule has 0 aliphatic rings. The first kappa shape index (κ1) is 13.0. The van der Waals surface area contributed by atoms with Crippen LogP contribution in [0.1, 0.15) is 26.3 Å². The number of anilines is 1. The van der Waals surface area contributed by atoms with E-state index in [0.29, 0.717) is 0 Å². The van der Waals surface area contributed by atoms with Crippen molar-refractivity contribution < 1.29 is 8.42 Å². The number of hydrogen-bond donors (Lipinski definition) is 1. The molecule has 0 aliphatic heterocycles. The highest BCUT2D eigenvalue weighted by Gasteiger charge is 2.14. The molecule has 0 aromatic carbocycles. The molecule has 1 atom stereocenters. The lowest BCUT2D eigenvalue weighted by Crippen LogP contribution is -2.18. The molecule has 0 saturated carbocycles. The molecule has 0 aliphatic carbocycles. The standard InChI is InChI=1S/C10H19N3O2S/c1-4-5-11-10-12-6-7-13(10)9(2)8-16(3,14)15/h6-7,9H,4-5,8H2,1-3H3,(H,11,12). The van der Waals surface area contributed by atoms with Crippen molar-refractivity contribution in [1.29, 1.82) is 0 Å². The molecule has 0 radical (unpaired) electrons. The fraction of sp³-hybridized carbons (Fsp3) is 0.700. The minimum Gasteiger partial charge on any atom is -0.356 e. The van der Waals surface area contributed by atoms with Gasteiger partial charge in [-0.25, -0.2) is 13.4 Å². The molecule has 1 N–H and O–H groups in total. The average Bonchev–Trinajstić information content (AvgIpc) is 2.59. The number of aromatic nitrogens is 2. The zero-order chi connectivity index (χ0) is 12.2. The van der Waals surface area contributed by atoms with Gasteiger partial charge in [-0.3, -0.25) is 0 Å². The highest BCUT2D eigenvalue weighted by atomic mass is 32.2. The largest absolute Gasteiger partial charge is 0.356 e. The van der Waals surface area contributed by atoms with Gasteiger partial charge in [-0.15, -0.1) is 0 Å². The van der Waals surface area contributed by atoms with Gasteiger partial charge in [0.25, 0.3) is 0 Å². The number of nitrogens with one attached hydrogen (secondary N) is 1. The summed E-state index contributed by atoms with van der Waals surface area (Å²) in [6, 6.07) is -0.100. The Kier molecular flexibility index (Phi) is 4.35. The molecule has 6 heteroatoms. The monoisotopic (exact) mass is 245 g/mol. The molecule has 16 heavy (non-hydrogen) atoms. The van der Waals surface area contributed by atoms with Crippen LogP contribution in [-0.2, 0) is 9.84 Å². The van der Waals surface area contributed by atoms with Crippen LogP contribution in [0, 0.1) is 0 Å². The van der Waals surface area contributed by atoms with E-state index < -0.39 is 9.84 Å². The van der Waals surface area contributed by atoms with Crippen molar-refractivity contribution in [2.45, 2.75) is 26.3 Å². The summed E-state index contributed by atoms with van der Waals surface area (Å²) in [5, 5.41) is 3.17.